The maximum absolute atomic E-state index is 14.6. The molecule has 3 N–H and O–H groups in total. The van der Waals surface area contributed by atoms with Gasteiger partial charge in [-0.05, 0) is 129 Å². The molecule has 5 aliphatic heterocycles. The number of piperidine rings is 1. The number of hydrogen-bond acceptors (Lipinski definition) is 13. The molecule has 7 heterocycles. The number of rotatable bonds is 12. The fraction of sp³-hybridized carbons (Fsp3) is 0.480. The van der Waals surface area contributed by atoms with Crippen molar-refractivity contribution in [2.75, 3.05) is 67.7 Å². The SMILES string of the molecule is CCc1ccccc1[C@@H]1CCCN1C1CC2(CCN(c3ccc(C(=O)NS(=O)(=O)c4ccc(NCC5CCOCC5)c([N+](=O)[O-])c4)c(N4c5cc6cc[nH]c6nc5O[C@H]5COC[C@H]54)c3)CC2)C1. The number of carbonyl (C=O) groups is 1. The van der Waals surface area contributed by atoms with Gasteiger partial charge >= 0.3 is 0 Å². The van der Waals surface area contributed by atoms with Crippen molar-refractivity contribution in [1.82, 2.24) is 19.6 Å². The molecule has 3 aromatic carbocycles. The first-order chi connectivity index (χ1) is 32.6. The number of likely N-dealkylation sites (tertiary alicyclic amines) is 1. The fourth-order valence-corrected chi connectivity index (χ4v) is 12.8. The number of carbonyl (C=O) groups excluding carboxylic acids is 1. The number of aromatic amines is 1. The van der Waals surface area contributed by atoms with Crippen LogP contribution in [0.2, 0.25) is 0 Å². The van der Waals surface area contributed by atoms with Gasteiger partial charge in [0.15, 0.2) is 0 Å². The Morgan fingerprint density at radius 1 is 0.955 bits per heavy atom. The van der Waals surface area contributed by atoms with Crippen LogP contribution < -0.4 is 24.6 Å². The maximum atomic E-state index is 14.6. The molecule has 3 atom stereocenters. The molecule has 17 heteroatoms. The molecular formula is C50H58N8O8S. The number of nitro benzene ring substituents is 1. The number of amides is 1. The number of sulfonamides is 1. The second kappa shape index (κ2) is 17.7. The van der Waals surface area contributed by atoms with Crippen molar-refractivity contribution in [1.29, 1.82) is 0 Å². The van der Waals surface area contributed by atoms with Gasteiger partial charge in [0.2, 0.25) is 5.88 Å². The number of nitrogens with zero attached hydrogens (tertiary/aromatic N) is 5. The maximum Gasteiger partial charge on any atom is 0.293 e. The van der Waals surface area contributed by atoms with Crippen molar-refractivity contribution in [3.8, 4) is 5.88 Å². The van der Waals surface area contributed by atoms with E-state index in [4.69, 9.17) is 19.2 Å². The zero-order valence-corrected chi connectivity index (χ0v) is 38.6. The Hall–Kier alpha value is -5.75. The number of fused-ring (bicyclic) bond motifs is 3. The lowest BCUT2D eigenvalue weighted by molar-refractivity contribution is -0.384. The van der Waals surface area contributed by atoms with Crippen LogP contribution in [0.15, 0.2) is 83.9 Å². The predicted octanol–water partition coefficient (Wildman–Crippen LogP) is 7.87. The molecule has 5 aromatic rings. The highest BCUT2D eigenvalue weighted by molar-refractivity contribution is 7.90. The molecule has 0 bridgehead atoms. The molecule has 1 amide bonds. The van der Waals surface area contributed by atoms with E-state index in [-0.39, 0.29) is 23.2 Å². The summed E-state index contributed by atoms with van der Waals surface area (Å²) in [5.74, 6) is -0.220. The Morgan fingerprint density at radius 2 is 1.78 bits per heavy atom. The second-order valence-corrected chi connectivity index (χ2v) is 21.0. The first kappa shape index (κ1) is 43.8. The van der Waals surface area contributed by atoms with Gasteiger partial charge in [0.25, 0.3) is 21.6 Å². The largest absolute Gasteiger partial charge is 0.468 e. The summed E-state index contributed by atoms with van der Waals surface area (Å²) < 4.78 is 48.2. The van der Waals surface area contributed by atoms with E-state index in [0.717, 1.165) is 68.9 Å². The van der Waals surface area contributed by atoms with Crippen LogP contribution >= 0.6 is 0 Å². The zero-order valence-electron chi connectivity index (χ0n) is 37.8. The van der Waals surface area contributed by atoms with E-state index in [9.17, 15) is 23.3 Å². The zero-order chi connectivity index (χ0) is 45.9. The van der Waals surface area contributed by atoms with Gasteiger partial charge in [0.05, 0.1) is 40.3 Å². The summed E-state index contributed by atoms with van der Waals surface area (Å²) in [7, 11) is -4.58. The highest BCUT2D eigenvalue weighted by atomic mass is 32.2. The van der Waals surface area contributed by atoms with Crippen molar-refractivity contribution in [3.05, 3.63) is 106 Å². The molecular weight excluding hydrogens is 873 g/mol. The van der Waals surface area contributed by atoms with Gasteiger partial charge in [-0.15, -0.1) is 0 Å². The van der Waals surface area contributed by atoms with Crippen molar-refractivity contribution in [2.24, 2.45) is 11.3 Å². The topological polar surface area (TPSA) is 184 Å². The lowest BCUT2D eigenvalue weighted by Crippen LogP contribution is -2.55. The normalized spacial score (nSPS) is 23.1. The van der Waals surface area contributed by atoms with Gasteiger partial charge in [-0.3, -0.25) is 19.8 Å². The highest BCUT2D eigenvalue weighted by Crippen LogP contribution is 2.54. The van der Waals surface area contributed by atoms with E-state index in [1.165, 1.54) is 48.9 Å². The molecule has 0 unspecified atom stereocenters. The lowest BCUT2D eigenvalue weighted by atomic mass is 9.59. The summed E-state index contributed by atoms with van der Waals surface area (Å²) in [6.45, 7) is 7.50. The lowest BCUT2D eigenvalue weighted by Gasteiger charge is -2.56. The van der Waals surface area contributed by atoms with Gasteiger partial charge in [-0.1, -0.05) is 31.2 Å². The number of anilines is 4. The molecule has 1 aliphatic carbocycles. The average molecular weight is 931 g/mol. The molecule has 1 saturated carbocycles. The fourth-order valence-electron chi connectivity index (χ4n) is 11.8. The summed E-state index contributed by atoms with van der Waals surface area (Å²) in [5, 5.41) is 16.2. The Balaban J connectivity index is 0.868. The predicted molar refractivity (Wildman–Crippen MR) is 255 cm³/mol. The van der Waals surface area contributed by atoms with E-state index in [0.29, 0.717) is 73.4 Å². The summed E-state index contributed by atoms with van der Waals surface area (Å²) in [6, 6.07) is 22.8. The van der Waals surface area contributed by atoms with Gasteiger partial charge in [0, 0.05) is 68.3 Å². The number of aryl methyl sites for hydroxylation is 1. The first-order valence-electron chi connectivity index (χ1n) is 24.0. The van der Waals surface area contributed by atoms with Gasteiger partial charge in [-0.2, -0.15) is 4.98 Å². The molecule has 4 saturated heterocycles. The van der Waals surface area contributed by atoms with Crippen LogP contribution in [0, 0.1) is 21.4 Å². The van der Waals surface area contributed by atoms with Crippen LogP contribution in [0.4, 0.5) is 28.4 Å². The molecule has 11 rings (SSSR count). The third kappa shape index (κ3) is 8.27. The van der Waals surface area contributed by atoms with Crippen LogP contribution in [0.25, 0.3) is 11.0 Å². The summed E-state index contributed by atoms with van der Waals surface area (Å²) in [5.41, 5.74) is 5.89. The Labute approximate surface area is 390 Å². The summed E-state index contributed by atoms with van der Waals surface area (Å²) in [4.78, 5) is 41.0. The van der Waals surface area contributed by atoms with Crippen LogP contribution in [-0.2, 0) is 25.9 Å². The molecule has 5 fully saturated rings. The number of benzene rings is 3. The van der Waals surface area contributed by atoms with Crippen molar-refractivity contribution < 1.29 is 32.3 Å². The number of nitro groups is 1. The molecule has 67 heavy (non-hydrogen) atoms. The van der Waals surface area contributed by atoms with Gasteiger partial charge in [-0.25, -0.2) is 13.1 Å². The van der Waals surface area contributed by atoms with E-state index >= 15 is 0 Å². The number of H-pyrrole nitrogens is 1. The summed E-state index contributed by atoms with van der Waals surface area (Å²) in [6.07, 6.45) is 11.1. The minimum atomic E-state index is -4.58. The number of hydrogen-bond donors (Lipinski definition) is 3. The molecule has 16 nitrogen and oxygen atoms in total. The van der Waals surface area contributed by atoms with Crippen molar-refractivity contribution in [3.63, 3.8) is 0 Å². The third-order valence-corrected chi connectivity index (χ3v) is 16.9. The minimum Gasteiger partial charge on any atom is -0.468 e. The van der Waals surface area contributed by atoms with Crippen LogP contribution in [0.1, 0.15) is 85.8 Å². The van der Waals surface area contributed by atoms with Gasteiger partial charge in [0.1, 0.15) is 23.1 Å². The first-order valence-corrected chi connectivity index (χ1v) is 25.5. The van der Waals surface area contributed by atoms with E-state index in [1.807, 2.05) is 35.4 Å². The van der Waals surface area contributed by atoms with E-state index < -0.39 is 37.5 Å². The van der Waals surface area contributed by atoms with Crippen molar-refractivity contribution >= 4 is 55.4 Å². The third-order valence-electron chi connectivity index (χ3n) is 15.5. The quantitative estimate of drug-likeness (QED) is 0.0812. The molecule has 6 aliphatic rings. The number of aromatic nitrogens is 2. The van der Waals surface area contributed by atoms with Crippen molar-refractivity contribution in [2.45, 2.75) is 93.8 Å². The molecule has 2 aromatic heterocycles. The van der Waals surface area contributed by atoms with Gasteiger partial charge < -0.3 is 34.3 Å². The smallest absolute Gasteiger partial charge is 0.293 e. The second-order valence-electron chi connectivity index (χ2n) is 19.4. The average Bonchev–Trinajstić information content (AvgIpc) is 4.13. The molecule has 1 spiro atoms. The van der Waals surface area contributed by atoms with Crippen LogP contribution in [-0.4, -0.2) is 105 Å². The van der Waals surface area contributed by atoms with Crippen LogP contribution in [0.3, 0.4) is 0 Å². The Bertz CT molecular complexity index is 2800. The number of pyridine rings is 1. The number of nitrogens with one attached hydrogen (secondary N) is 3. The van der Waals surface area contributed by atoms with E-state index in [2.05, 4.69) is 56.0 Å². The highest BCUT2D eigenvalue weighted by Gasteiger charge is 2.50. The monoisotopic (exact) mass is 930 g/mol. The Morgan fingerprint density at radius 3 is 2.58 bits per heavy atom. The Kier molecular flexibility index (Phi) is 11.6. The van der Waals surface area contributed by atoms with Crippen LogP contribution in [0.5, 0.6) is 5.88 Å². The molecule has 352 valence electrons. The number of ether oxygens (including phenoxy) is 3. The minimum absolute atomic E-state index is 0.115. The standard InChI is InChI=1S/C50H58N8O8S/c1-2-33-6-3-4-7-38(33)41-8-5-19-56(41)36-27-50(28-36)16-20-55(21-17-50)35-9-11-39(42(25-35)57-44-24-34-13-18-51-47(34)53-49(44)66-46-31-65-30-45(46)57)48(59)54-67(62,63)37-10-12-40(43(26-37)58(60)61)52-29-32-14-22-64-23-15-32/h3-4,6-7,9-13,18,24-26,32,36,41,45-46,52H,2,5,8,14-17,19-23,27-31H2,1H3,(H,51,53)(H,54,59)/t41-,45+,46-/m0/s1. The summed E-state index contributed by atoms with van der Waals surface area (Å²) >= 11 is 0. The molecule has 0 radical (unpaired) electrons. The van der Waals surface area contributed by atoms with E-state index in [1.54, 1.807) is 6.07 Å².